The van der Waals surface area contributed by atoms with Gasteiger partial charge in [0.25, 0.3) is 0 Å². The quantitative estimate of drug-likeness (QED) is 0.787. The third-order valence-corrected chi connectivity index (χ3v) is 3.36. The predicted octanol–water partition coefficient (Wildman–Crippen LogP) is 1.92. The van der Waals surface area contributed by atoms with Crippen molar-refractivity contribution in [2.75, 3.05) is 12.3 Å². The van der Waals surface area contributed by atoms with Crippen molar-refractivity contribution in [3.63, 3.8) is 0 Å². The first-order valence-corrected chi connectivity index (χ1v) is 6.52. The lowest BCUT2D eigenvalue weighted by molar-refractivity contribution is -0.120. The highest BCUT2D eigenvalue weighted by molar-refractivity contribution is 8.00. The fourth-order valence-electron chi connectivity index (χ4n) is 1.19. The lowest BCUT2D eigenvalue weighted by Gasteiger charge is -2.14. The first-order valence-electron chi connectivity index (χ1n) is 5.64. The van der Waals surface area contributed by atoms with Crippen molar-refractivity contribution in [3.05, 3.63) is 18.5 Å². The van der Waals surface area contributed by atoms with E-state index in [0.717, 1.165) is 4.90 Å². The van der Waals surface area contributed by atoms with Crippen molar-refractivity contribution in [3.8, 4) is 0 Å². The van der Waals surface area contributed by atoms with E-state index < -0.39 is 0 Å². The Labute approximate surface area is 106 Å². The van der Waals surface area contributed by atoms with Gasteiger partial charge in [0.2, 0.25) is 5.91 Å². The van der Waals surface area contributed by atoms with Crippen LogP contribution < -0.4 is 11.1 Å². The van der Waals surface area contributed by atoms with E-state index in [9.17, 15) is 4.79 Å². The average molecular weight is 253 g/mol. The lowest BCUT2D eigenvalue weighted by atomic mass is 10.2. The maximum atomic E-state index is 11.8. The minimum absolute atomic E-state index is 0.0416. The Balaban J connectivity index is 2.51. The lowest BCUT2D eigenvalue weighted by Crippen LogP contribution is -2.33. The van der Waals surface area contributed by atoms with Crippen molar-refractivity contribution in [1.29, 1.82) is 0 Å². The summed E-state index contributed by atoms with van der Waals surface area (Å²) in [5.74, 6) is 0.502. The van der Waals surface area contributed by atoms with Crippen molar-refractivity contribution in [2.45, 2.75) is 30.9 Å². The Morgan fingerprint density at radius 3 is 2.82 bits per heavy atom. The molecule has 1 aromatic rings. The van der Waals surface area contributed by atoms with Gasteiger partial charge in [-0.15, -0.1) is 11.8 Å². The van der Waals surface area contributed by atoms with E-state index in [1.165, 1.54) is 11.8 Å². The number of hydrogen-bond donors (Lipinski definition) is 2. The van der Waals surface area contributed by atoms with E-state index in [4.69, 9.17) is 5.73 Å². The number of carbonyl (C=O) groups is 1. The molecular formula is C12H19N3OS. The van der Waals surface area contributed by atoms with Crippen LogP contribution in [0.4, 0.5) is 5.69 Å². The van der Waals surface area contributed by atoms with Gasteiger partial charge < -0.3 is 11.1 Å². The maximum Gasteiger partial charge on any atom is 0.233 e. The van der Waals surface area contributed by atoms with Crippen LogP contribution in [-0.2, 0) is 4.79 Å². The number of thioether (sulfide) groups is 1. The highest BCUT2D eigenvalue weighted by Gasteiger charge is 2.15. The molecule has 1 atom stereocenters. The second kappa shape index (κ2) is 6.49. The largest absolute Gasteiger partial charge is 0.397 e. The first kappa shape index (κ1) is 13.8. The van der Waals surface area contributed by atoms with E-state index >= 15 is 0 Å². The molecule has 0 spiro atoms. The van der Waals surface area contributed by atoms with Gasteiger partial charge in [0.1, 0.15) is 0 Å². The van der Waals surface area contributed by atoms with Crippen LogP contribution in [0, 0.1) is 5.92 Å². The maximum absolute atomic E-state index is 11.8. The van der Waals surface area contributed by atoms with E-state index in [-0.39, 0.29) is 11.2 Å². The van der Waals surface area contributed by atoms with Gasteiger partial charge in [0.15, 0.2) is 0 Å². The highest BCUT2D eigenvalue weighted by Crippen LogP contribution is 2.27. The molecule has 5 heteroatoms. The molecule has 0 bridgehead atoms. The molecule has 0 aromatic carbocycles. The summed E-state index contributed by atoms with van der Waals surface area (Å²) in [5.41, 5.74) is 6.39. The molecule has 0 saturated heterocycles. The van der Waals surface area contributed by atoms with Crippen molar-refractivity contribution in [1.82, 2.24) is 10.3 Å². The van der Waals surface area contributed by atoms with Crippen molar-refractivity contribution >= 4 is 23.4 Å². The monoisotopic (exact) mass is 253 g/mol. The zero-order chi connectivity index (χ0) is 12.8. The second-order valence-corrected chi connectivity index (χ2v) is 5.70. The molecule has 0 aliphatic rings. The van der Waals surface area contributed by atoms with Crippen molar-refractivity contribution < 1.29 is 4.79 Å². The summed E-state index contributed by atoms with van der Waals surface area (Å²) in [6.45, 7) is 6.72. The fourth-order valence-corrected chi connectivity index (χ4v) is 2.09. The van der Waals surface area contributed by atoms with Crippen LogP contribution in [0.1, 0.15) is 20.8 Å². The van der Waals surface area contributed by atoms with Gasteiger partial charge >= 0.3 is 0 Å². The molecule has 0 saturated carbocycles. The molecular weight excluding hydrogens is 234 g/mol. The van der Waals surface area contributed by atoms with Crippen LogP contribution in [0.3, 0.4) is 0 Å². The molecule has 1 rings (SSSR count). The molecule has 0 fully saturated rings. The summed E-state index contributed by atoms with van der Waals surface area (Å²) in [6, 6.07) is 1.83. The van der Waals surface area contributed by atoms with Gasteiger partial charge in [-0.1, -0.05) is 13.8 Å². The normalized spacial score (nSPS) is 12.5. The zero-order valence-electron chi connectivity index (χ0n) is 10.4. The SMILES string of the molecule is CC(C)CNC(=O)C(C)Sc1ccncc1N. The Kier molecular flexibility index (Phi) is 5.28. The standard InChI is InChI=1S/C12H19N3OS/c1-8(2)6-15-12(16)9(3)17-11-4-5-14-7-10(11)13/h4-5,7-9H,6,13H2,1-3H3,(H,15,16). The number of nitrogens with two attached hydrogens (primary N) is 1. The predicted molar refractivity (Wildman–Crippen MR) is 71.8 cm³/mol. The smallest absolute Gasteiger partial charge is 0.233 e. The molecule has 94 valence electrons. The number of aromatic nitrogens is 1. The molecule has 0 aliphatic carbocycles. The summed E-state index contributed by atoms with van der Waals surface area (Å²) in [5, 5.41) is 2.75. The molecule has 1 heterocycles. The number of anilines is 1. The molecule has 0 aliphatic heterocycles. The number of amides is 1. The minimum Gasteiger partial charge on any atom is -0.397 e. The molecule has 1 unspecified atom stereocenters. The van der Waals surface area contributed by atoms with E-state index in [2.05, 4.69) is 24.1 Å². The first-order chi connectivity index (χ1) is 8.00. The Morgan fingerprint density at radius 2 is 2.24 bits per heavy atom. The number of hydrogen-bond acceptors (Lipinski definition) is 4. The highest BCUT2D eigenvalue weighted by atomic mass is 32.2. The average Bonchev–Trinajstić information content (AvgIpc) is 2.28. The number of nitrogens with one attached hydrogen (secondary N) is 1. The Bertz CT molecular complexity index is 382. The van der Waals surface area contributed by atoms with Crippen LogP contribution in [0.2, 0.25) is 0 Å². The Morgan fingerprint density at radius 1 is 1.53 bits per heavy atom. The molecule has 3 N–H and O–H groups in total. The van der Waals surface area contributed by atoms with Gasteiger partial charge in [-0.25, -0.2) is 0 Å². The number of nitrogen functional groups attached to an aromatic ring is 1. The van der Waals surface area contributed by atoms with Gasteiger partial charge in [-0.2, -0.15) is 0 Å². The topological polar surface area (TPSA) is 68.0 Å². The second-order valence-electron chi connectivity index (χ2n) is 4.31. The molecule has 1 amide bonds. The van der Waals surface area contributed by atoms with E-state index in [1.54, 1.807) is 12.4 Å². The van der Waals surface area contributed by atoms with Crippen LogP contribution in [0.25, 0.3) is 0 Å². The number of pyridine rings is 1. The summed E-state index contributed by atoms with van der Waals surface area (Å²) in [4.78, 5) is 16.6. The van der Waals surface area contributed by atoms with Crippen LogP contribution >= 0.6 is 11.8 Å². The number of nitrogens with zero attached hydrogens (tertiary/aromatic N) is 1. The van der Waals surface area contributed by atoms with Crippen LogP contribution in [0.5, 0.6) is 0 Å². The van der Waals surface area contributed by atoms with Gasteiger partial charge in [0, 0.05) is 17.6 Å². The molecule has 17 heavy (non-hydrogen) atoms. The van der Waals surface area contributed by atoms with Gasteiger partial charge in [-0.3, -0.25) is 9.78 Å². The van der Waals surface area contributed by atoms with Crippen LogP contribution in [0.15, 0.2) is 23.4 Å². The summed E-state index contributed by atoms with van der Waals surface area (Å²) in [6.07, 6.45) is 3.28. The summed E-state index contributed by atoms with van der Waals surface area (Å²) >= 11 is 1.45. The number of carbonyl (C=O) groups excluding carboxylic acids is 1. The minimum atomic E-state index is -0.154. The van der Waals surface area contributed by atoms with Crippen LogP contribution in [-0.4, -0.2) is 22.7 Å². The number of rotatable bonds is 5. The molecule has 0 radical (unpaired) electrons. The summed E-state index contributed by atoms with van der Waals surface area (Å²) in [7, 11) is 0. The van der Waals surface area contributed by atoms with Gasteiger partial charge in [-0.05, 0) is 18.9 Å². The zero-order valence-corrected chi connectivity index (χ0v) is 11.3. The van der Waals surface area contributed by atoms with E-state index in [0.29, 0.717) is 18.2 Å². The third kappa shape index (κ3) is 4.65. The molecule has 1 aromatic heterocycles. The van der Waals surface area contributed by atoms with E-state index in [1.807, 2.05) is 13.0 Å². The Hall–Kier alpha value is -1.23. The third-order valence-electron chi connectivity index (χ3n) is 2.17. The summed E-state index contributed by atoms with van der Waals surface area (Å²) < 4.78 is 0. The van der Waals surface area contributed by atoms with Crippen molar-refractivity contribution in [2.24, 2.45) is 5.92 Å². The van der Waals surface area contributed by atoms with Gasteiger partial charge in [0.05, 0.1) is 17.1 Å². The fraction of sp³-hybridized carbons (Fsp3) is 0.500. The molecule has 4 nitrogen and oxygen atoms in total.